The summed E-state index contributed by atoms with van der Waals surface area (Å²) < 4.78 is 17.2. The van der Waals surface area contributed by atoms with Crippen molar-refractivity contribution in [3.63, 3.8) is 0 Å². The molecule has 2 aromatic carbocycles. The van der Waals surface area contributed by atoms with Crippen LogP contribution in [-0.2, 0) is 13.0 Å². The van der Waals surface area contributed by atoms with E-state index in [2.05, 4.69) is 0 Å². The van der Waals surface area contributed by atoms with Crippen LogP contribution >= 0.6 is 0 Å². The number of fused-ring (bicyclic) bond motifs is 1. The Balaban J connectivity index is 1.65. The van der Waals surface area contributed by atoms with Gasteiger partial charge in [-0.15, -0.1) is 0 Å². The van der Waals surface area contributed by atoms with Crippen LogP contribution in [0, 0.1) is 18.3 Å². The number of hydrogen-bond donors (Lipinski definition) is 1. The van der Waals surface area contributed by atoms with Crippen molar-refractivity contribution in [3.05, 3.63) is 80.6 Å². The fourth-order valence-corrected chi connectivity index (χ4v) is 3.70. The number of aromatic nitrogens is 1. The van der Waals surface area contributed by atoms with E-state index in [1.165, 1.54) is 6.92 Å². The van der Waals surface area contributed by atoms with Gasteiger partial charge in [0, 0.05) is 0 Å². The minimum absolute atomic E-state index is 0.0596. The fourth-order valence-electron chi connectivity index (χ4n) is 3.70. The molecule has 0 bridgehead atoms. The van der Waals surface area contributed by atoms with Gasteiger partial charge in [0.05, 0.1) is 12.1 Å². The SMILES string of the molecule is CCc1ccc(OCC(=O)c2c(C)c(C#N)c(=O)n(Cc3ccc4c(c3)OCO4)c2O)cc1. The van der Waals surface area contributed by atoms with Crippen LogP contribution < -0.4 is 19.8 Å². The summed E-state index contributed by atoms with van der Waals surface area (Å²) in [6.45, 7) is 3.19. The maximum Gasteiger partial charge on any atom is 0.271 e. The largest absolute Gasteiger partial charge is 0.494 e. The van der Waals surface area contributed by atoms with Gasteiger partial charge in [-0.25, -0.2) is 0 Å². The summed E-state index contributed by atoms with van der Waals surface area (Å²) in [5.41, 5.74) is 0.891. The Kier molecular flexibility index (Phi) is 6.05. The number of nitrogens with zero attached hydrogens (tertiary/aromatic N) is 2. The van der Waals surface area contributed by atoms with Gasteiger partial charge in [0.2, 0.25) is 18.5 Å². The highest BCUT2D eigenvalue weighted by molar-refractivity contribution is 6.01. The summed E-state index contributed by atoms with van der Waals surface area (Å²) in [7, 11) is 0. The summed E-state index contributed by atoms with van der Waals surface area (Å²) in [6, 6.07) is 14.3. The normalized spacial score (nSPS) is 11.8. The van der Waals surface area contributed by atoms with Crippen molar-refractivity contribution in [2.45, 2.75) is 26.8 Å². The van der Waals surface area contributed by atoms with Crippen molar-refractivity contribution in [2.75, 3.05) is 13.4 Å². The van der Waals surface area contributed by atoms with Crippen molar-refractivity contribution in [3.8, 4) is 29.2 Å². The fraction of sp³-hybridized carbons (Fsp3) is 0.240. The van der Waals surface area contributed by atoms with Gasteiger partial charge >= 0.3 is 0 Å². The predicted octanol–water partition coefficient (Wildman–Crippen LogP) is 3.34. The quantitative estimate of drug-likeness (QED) is 0.554. The Morgan fingerprint density at radius 2 is 1.85 bits per heavy atom. The van der Waals surface area contributed by atoms with Crippen molar-refractivity contribution in [1.29, 1.82) is 5.26 Å². The molecule has 1 N–H and O–H groups in total. The Labute approximate surface area is 190 Å². The van der Waals surface area contributed by atoms with Crippen LogP contribution in [0.5, 0.6) is 23.1 Å². The molecule has 8 nitrogen and oxygen atoms in total. The summed E-state index contributed by atoms with van der Waals surface area (Å²) in [5.74, 6) is 0.555. The standard InChI is InChI=1S/C25H22N2O6/c1-3-16-4-7-18(8-5-16)31-13-20(28)23-15(2)19(11-26)24(29)27(25(23)30)12-17-6-9-21-22(10-17)33-14-32-21/h4-10,30H,3,12-14H2,1-2H3. The topological polar surface area (TPSA) is 111 Å². The molecule has 3 aromatic rings. The number of hydrogen-bond acceptors (Lipinski definition) is 7. The summed E-state index contributed by atoms with van der Waals surface area (Å²) in [5, 5.41) is 20.4. The molecule has 0 unspecified atom stereocenters. The van der Waals surface area contributed by atoms with Gasteiger partial charge in [0.1, 0.15) is 17.4 Å². The number of carbonyl (C=O) groups is 1. The number of ketones is 1. The molecule has 0 saturated heterocycles. The third-order valence-electron chi connectivity index (χ3n) is 5.56. The van der Waals surface area contributed by atoms with Crippen molar-refractivity contribution >= 4 is 5.78 Å². The zero-order valence-electron chi connectivity index (χ0n) is 18.3. The van der Waals surface area contributed by atoms with Gasteiger partial charge in [-0.1, -0.05) is 25.1 Å². The van der Waals surface area contributed by atoms with E-state index in [1.807, 2.05) is 25.1 Å². The Bertz CT molecular complexity index is 1320. The lowest BCUT2D eigenvalue weighted by Crippen LogP contribution is -2.28. The van der Waals surface area contributed by atoms with E-state index in [0.29, 0.717) is 22.8 Å². The molecule has 168 valence electrons. The van der Waals surface area contributed by atoms with E-state index in [0.717, 1.165) is 16.6 Å². The Morgan fingerprint density at radius 1 is 1.15 bits per heavy atom. The van der Waals surface area contributed by atoms with Crippen LogP contribution in [0.25, 0.3) is 0 Å². The summed E-state index contributed by atoms with van der Waals surface area (Å²) in [4.78, 5) is 25.9. The first-order chi connectivity index (χ1) is 15.9. The molecule has 0 aliphatic carbocycles. The molecule has 0 atom stereocenters. The first kappa shape index (κ1) is 22.0. The van der Waals surface area contributed by atoms with Crippen molar-refractivity contribution < 1.29 is 24.1 Å². The minimum Gasteiger partial charge on any atom is -0.494 e. The molecule has 0 radical (unpaired) electrons. The number of pyridine rings is 1. The number of ether oxygens (including phenoxy) is 3. The number of aromatic hydroxyl groups is 1. The average molecular weight is 446 g/mol. The van der Waals surface area contributed by atoms with Gasteiger partial charge in [-0.2, -0.15) is 5.26 Å². The van der Waals surface area contributed by atoms with Crippen molar-refractivity contribution in [1.82, 2.24) is 4.57 Å². The zero-order chi connectivity index (χ0) is 23.5. The summed E-state index contributed by atoms with van der Waals surface area (Å²) >= 11 is 0. The molecule has 1 aliphatic rings. The third kappa shape index (κ3) is 4.26. The number of aryl methyl sites for hydroxylation is 1. The lowest BCUT2D eigenvalue weighted by Gasteiger charge is -2.16. The first-order valence-corrected chi connectivity index (χ1v) is 10.4. The average Bonchev–Trinajstić information content (AvgIpc) is 3.29. The lowest BCUT2D eigenvalue weighted by atomic mass is 10.0. The smallest absolute Gasteiger partial charge is 0.271 e. The highest BCUT2D eigenvalue weighted by Crippen LogP contribution is 2.33. The number of benzene rings is 2. The van der Waals surface area contributed by atoms with E-state index in [9.17, 15) is 20.0 Å². The minimum atomic E-state index is -0.683. The molecule has 2 heterocycles. The highest BCUT2D eigenvalue weighted by atomic mass is 16.7. The van der Waals surface area contributed by atoms with Gasteiger partial charge in [0.15, 0.2) is 18.1 Å². The molecule has 0 saturated carbocycles. The molecule has 8 heteroatoms. The third-order valence-corrected chi connectivity index (χ3v) is 5.56. The van der Waals surface area contributed by atoms with Gasteiger partial charge in [-0.05, 0) is 54.3 Å². The van der Waals surface area contributed by atoms with Crippen LogP contribution in [-0.4, -0.2) is 28.9 Å². The molecule has 0 fully saturated rings. The van der Waals surface area contributed by atoms with E-state index < -0.39 is 17.2 Å². The van der Waals surface area contributed by atoms with Crippen LogP contribution in [0.2, 0.25) is 0 Å². The Morgan fingerprint density at radius 3 is 2.55 bits per heavy atom. The van der Waals surface area contributed by atoms with Crippen LogP contribution in [0.15, 0.2) is 47.3 Å². The molecular formula is C25H22N2O6. The second-order valence-electron chi connectivity index (χ2n) is 7.60. The number of rotatable bonds is 7. The number of nitriles is 1. The van der Waals surface area contributed by atoms with E-state index in [1.54, 1.807) is 30.3 Å². The van der Waals surface area contributed by atoms with Crippen LogP contribution in [0.3, 0.4) is 0 Å². The number of Topliss-reactive ketones (excluding diaryl/α,β-unsaturated/α-hetero) is 1. The van der Waals surface area contributed by atoms with Gasteiger partial charge < -0.3 is 19.3 Å². The monoisotopic (exact) mass is 446 g/mol. The highest BCUT2D eigenvalue weighted by Gasteiger charge is 2.25. The zero-order valence-corrected chi connectivity index (χ0v) is 18.3. The Hall–Kier alpha value is -4.25. The molecule has 0 amide bonds. The first-order valence-electron chi connectivity index (χ1n) is 10.4. The van der Waals surface area contributed by atoms with E-state index >= 15 is 0 Å². The number of carbonyl (C=O) groups excluding carboxylic acids is 1. The second kappa shape index (κ2) is 9.09. The van der Waals surface area contributed by atoms with E-state index in [-0.39, 0.29) is 36.6 Å². The lowest BCUT2D eigenvalue weighted by molar-refractivity contribution is 0.0916. The maximum atomic E-state index is 13.0. The molecule has 33 heavy (non-hydrogen) atoms. The molecule has 1 aliphatic heterocycles. The molecule has 4 rings (SSSR count). The predicted molar refractivity (Wildman–Crippen MR) is 119 cm³/mol. The van der Waals surface area contributed by atoms with Crippen LogP contribution in [0.4, 0.5) is 0 Å². The second-order valence-corrected chi connectivity index (χ2v) is 7.60. The molecule has 1 aromatic heterocycles. The maximum absolute atomic E-state index is 13.0. The van der Waals surface area contributed by atoms with Crippen molar-refractivity contribution in [2.24, 2.45) is 0 Å². The van der Waals surface area contributed by atoms with Crippen LogP contribution in [0.1, 0.15) is 39.5 Å². The van der Waals surface area contributed by atoms with E-state index in [4.69, 9.17) is 14.2 Å². The molecular weight excluding hydrogens is 424 g/mol. The summed E-state index contributed by atoms with van der Waals surface area (Å²) in [6.07, 6.45) is 0.883. The van der Waals surface area contributed by atoms with Gasteiger partial charge in [0.25, 0.3) is 5.56 Å². The molecule has 0 spiro atoms. The van der Waals surface area contributed by atoms with Gasteiger partial charge in [-0.3, -0.25) is 14.2 Å².